The topological polar surface area (TPSA) is 37.3 Å². The minimum atomic E-state index is -0.652. The first-order valence-corrected chi connectivity index (χ1v) is 6.05. The zero-order valence-corrected chi connectivity index (χ0v) is 12.5. The first-order valence-electron chi connectivity index (χ1n) is 6.05. The third-order valence-corrected chi connectivity index (χ3v) is 3.69. The van der Waals surface area contributed by atoms with E-state index in [9.17, 15) is 9.90 Å². The van der Waals surface area contributed by atoms with Crippen LogP contribution in [0.3, 0.4) is 0 Å². The number of benzene rings is 1. The average Bonchev–Trinajstić information content (AvgIpc) is 2.56. The number of carbonyl (C=O) groups is 1. The molecule has 1 fully saturated rings. The summed E-state index contributed by atoms with van der Waals surface area (Å²) in [4.78, 5) is 11.6. The zero-order chi connectivity index (χ0) is 11.4. The van der Waals surface area contributed by atoms with Crippen molar-refractivity contribution in [2.45, 2.75) is 43.9 Å². The van der Waals surface area contributed by atoms with Gasteiger partial charge in [-0.1, -0.05) is 56.0 Å². The van der Waals surface area contributed by atoms with Gasteiger partial charge in [0, 0.05) is 0 Å². The molecule has 0 heterocycles. The summed E-state index contributed by atoms with van der Waals surface area (Å²) in [5.74, 6) is -0.652. The van der Waals surface area contributed by atoms with Gasteiger partial charge in [-0.25, -0.2) is 0 Å². The van der Waals surface area contributed by atoms with E-state index in [-0.39, 0.29) is 31.0 Å². The predicted octanol–water partition coefficient (Wildman–Crippen LogP) is 0.480. The summed E-state index contributed by atoms with van der Waals surface area (Å²) < 4.78 is 0. The second kappa shape index (κ2) is 6.58. The molecule has 0 atom stereocenters. The molecule has 1 aromatic carbocycles. The van der Waals surface area contributed by atoms with Crippen molar-refractivity contribution in [3.05, 3.63) is 35.9 Å². The summed E-state index contributed by atoms with van der Waals surface area (Å²) >= 11 is 0. The molecule has 0 amide bonds. The molecule has 1 aliphatic carbocycles. The van der Waals surface area contributed by atoms with Crippen molar-refractivity contribution in [3.63, 3.8) is 0 Å². The quantitative estimate of drug-likeness (QED) is 0.605. The maximum atomic E-state index is 11.6. The van der Waals surface area contributed by atoms with Gasteiger partial charge < -0.3 is 6.53 Å². The van der Waals surface area contributed by atoms with Crippen molar-refractivity contribution in [2.24, 2.45) is 0 Å². The summed E-state index contributed by atoms with van der Waals surface area (Å²) in [6, 6.07) is 9.73. The Morgan fingerprint density at radius 1 is 1.06 bits per heavy atom. The smallest absolute Gasteiger partial charge is 1.00 e. The Morgan fingerprint density at radius 2 is 1.59 bits per heavy atom. The minimum Gasteiger partial charge on any atom is -1.00 e. The Morgan fingerprint density at radius 3 is 2.06 bits per heavy atom. The Labute approximate surface area is 126 Å². The number of aliphatic carboxylic acids is 1. The van der Waals surface area contributed by atoms with E-state index in [1.165, 1.54) is 12.8 Å². The van der Waals surface area contributed by atoms with Crippen LogP contribution in [0.1, 0.15) is 45.5 Å². The first-order chi connectivity index (χ1) is 7.76. The molecule has 0 saturated heterocycles. The summed E-state index contributed by atoms with van der Waals surface area (Å²) in [5.41, 5.74) is 0.349. The van der Waals surface area contributed by atoms with Crippen LogP contribution >= 0.6 is 0 Å². The van der Waals surface area contributed by atoms with E-state index in [0.29, 0.717) is 0 Å². The van der Waals surface area contributed by atoms with Crippen molar-refractivity contribution < 1.29 is 40.9 Å². The van der Waals surface area contributed by atoms with Gasteiger partial charge in [0.2, 0.25) is 0 Å². The van der Waals surface area contributed by atoms with Gasteiger partial charge in [0.15, 0.2) is 0 Å². The molecule has 1 aliphatic rings. The Kier molecular flexibility index (Phi) is 5.71. The summed E-state index contributed by atoms with van der Waals surface area (Å²) in [6.45, 7) is 0. The maximum Gasteiger partial charge on any atom is 1.00 e. The number of rotatable bonds is 2. The van der Waals surface area contributed by atoms with E-state index in [1.54, 1.807) is 0 Å². The fourth-order valence-corrected chi connectivity index (χ4v) is 2.72. The molecule has 0 bridgehead atoms. The second-order valence-corrected chi connectivity index (χ2v) is 4.67. The van der Waals surface area contributed by atoms with Gasteiger partial charge >= 0.3 is 35.5 Å². The van der Waals surface area contributed by atoms with Crippen LogP contribution in [-0.2, 0) is 10.2 Å². The van der Waals surface area contributed by atoms with Crippen LogP contribution < -0.4 is 29.6 Å². The normalized spacial score (nSPS) is 18.8. The monoisotopic (exact) mass is 242 g/mol. The number of carboxylic acid groups (broad SMARTS) is 1. The third kappa shape index (κ3) is 3.12. The molecule has 0 spiro atoms. The van der Waals surface area contributed by atoms with E-state index in [4.69, 9.17) is 0 Å². The van der Waals surface area contributed by atoms with Crippen LogP contribution in [0.2, 0.25) is 0 Å². The molecule has 0 aromatic heterocycles. The predicted molar refractivity (Wildman–Crippen MR) is 64.6 cm³/mol. The summed E-state index contributed by atoms with van der Waals surface area (Å²) in [7, 11) is 0. The number of carboxylic acids is 1. The van der Waals surface area contributed by atoms with E-state index < -0.39 is 11.4 Å². The SMILES string of the molecule is O=C(O)C1(c2ccccc2)CCCCCC1.[H-].[Na+]. The molecular weight excluding hydrogens is 223 g/mol. The molecule has 17 heavy (non-hydrogen) atoms. The van der Waals surface area contributed by atoms with E-state index >= 15 is 0 Å². The van der Waals surface area contributed by atoms with Crippen LogP contribution in [-0.4, -0.2) is 11.1 Å². The fourth-order valence-electron chi connectivity index (χ4n) is 2.72. The van der Waals surface area contributed by atoms with Crippen molar-refractivity contribution in [1.82, 2.24) is 0 Å². The minimum absolute atomic E-state index is 0. The van der Waals surface area contributed by atoms with Crippen LogP contribution in [0.25, 0.3) is 0 Å². The van der Waals surface area contributed by atoms with Gasteiger partial charge in [0.25, 0.3) is 0 Å². The molecule has 0 radical (unpaired) electrons. The Bertz CT molecular complexity index is 359. The van der Waals surface area contributed by atoms with Gasteiger partial charge in [-0.3, -0.25) is 4.79 Å². The molecule has 1 saturated carbocycles. The van der Waals surface area contributed by atoms with Gasteiger partial charge in [0.1, 0.15) is 0 Å². The Balaban J connectivity index is 0.00000144. The molecular formula is C14H19NaO2. The largest absolute Gasteiger partial charge is 1.00 e. The second-order valence-electron chi connectivity index (χ2n) is 4.67. The molecule has 1 aromatic rings. The van der Waals surface area contributed by atoms with Crippen molar-refractivity contribution >= 4 is 5.97 Å². The van der Waals surface area contributed by atoms with E-state index in [1.807, 2.05) is 30.3 Å². The van der Waals surface area contributed by atoms with E-state index in [0.717, 1.165) is 31.2 Å². The number of hydrogen-bond acceptors (Lipinski definition) is 1. The van der Waals surface area contributed by atoms with Gasteiger partial charge in [-0.05, 0) is 18.4 Å². The summed E-state index contributed by atoms with van der Waals surface area (Å²) in [6.07, 6.45) is 5.96. The molecule has 2 nitrogen and oxygen atoms in total. The molecule has 88 valence electrons. The fraction of sp³-hybridized carbons (Fsp3) is 0.500. The third-order valence-electron chi connectivity index (χ3n) is 3.69. The van der Waals surface area contributed by atoms with Crippen molar-refractivity contribution in [2.75, 3.05) is 0 Å². The van der Waals surface area contributed by atoms with Gasteiger partial charge in [0.05, 0.1) is 5.41 Å². The summed E-state index contributed by atoms with van der Waals surface area (Å²) in [5, 5.41) is 9.57. The molecule has 0 aliphatic heterocycles. The number of hydrogen-bond donors (Lipinski definition) is 1. The maximum absolute atomic E-state index is 11.6. The van der Waals surface area contributed by atoms with Gasteiger partial charge in [-0.2, -0.15) is 0 Å². The van der Waals surface area contributed by atoms with Crippen LogP contribution in [0, 0.1) is 0 Å². The van der Waals surface area contributed by atoms with Crippen LogP contribution in [0.15, 0.2) is 30.3 Å². The molecule has 0 unspecified atom stereocenters. The zero-order valence-electron chi connectivity index (χ0n) is 11.5. The van der Waals surface area contributed by atoms with Crippen LogP contribution in [0.5, 0.6) is 0 Å². The van der Waals surface area contributed by atoms with E-state index in [2.05, 4.69) is 0 Å². The van der Waals surface area contributed by atoms with Crippen molar-refractivity contribution in [1.29, 1.82) is 0 Å². The molecule has 3 heteroatoms. The van der Waals surface area contributed by atoms with Crippen LogP contribution in [0.4, 0.5) is 0 Å². The molecule has 1 N–H and O–H groups in total. The van der Waals surface area contributed by atoms with Crippen molar-refractivity contribution in [3.8, 4) is 0 Å². The first kappa shape index (κ1) is 14.7. The average molecular weight is 242 g/mol. The Hall–Kier alpha value is -0.310. The van der Waals surface area contributed by atoms with Gasteiger partial charge in [-0.15, -0.1) is 0 Å². The standard InChI is InChI=1S/C14H18O2.Na.H/c15-13(16)14(10-6-1-2-7-11-14)12-8-4-3-5-9-12;;/h3-5,8-9H,1-2,6-7,10-11H2,(H,15,16);;/q;+1;-1. The molecule has 2 rings (SSSR count).